The molecule has 1 aromatic carbocycles. The number of benzene rings is 1. The zero-order chi connectivity index (χ0) is 18.0. The Labute approximate surface area is 145 Å². The summed E-state index contributed by atoms with van der Waals surface area (Å²) in [5.74, 6) is -1.24. The number of rotatable bonds is 5. The van der Waals surface area contributed by atoms with Crippen molar-refractivity contribution >= 4 is 28.9 Å². The van der Waals surface area contributed by atoms with E-state index in [0.717, 1.165) is 16.5 Å². The Morgan fingerprint density at radius 3 is 2.64 bits per heavy atom. The van der Waals surface area contributed by atoms with Crippen LogP contribution in [0.25, 0.3) is 17.0 Å². The van der Waals surface area contributed by atoms with E-state index in [9.17, 15) is 14.7 Å². The summed E-state index contributed by atoms with van der Waals surface area (Å²) in [5.41, 5.74) is 1.34. The third-order valence-electron chi connectivity index (χ3n) is 4.24. The van der Waals surface area contributed by atoms with Crippen molar-refractivity contribution < 1.29 is 24.2 Å². The molecule has 0 saturated carbocycles. The first kappa shape index (κ1) is 17.1. The molecule has 0 amide bonds. The van der Waals surface area contributed by atoms with E-state index in [1.807, 2.05) is 30.3 Å². The second-order valence-electron chi connectivity index (χ2n) is 6.23. The van der Waals surface area contributed by atoms with Gasteiger partial charge in [-0.15, -0.1) is 0 Å². The molecule has 25 heavy (non-hydrogen) atoms. The summed E-state index contributed by atoms with van der Waals surface area (Å²) in [6, 6.07) is 9.46. The highest BCUT2D eigenvalue weighted by Gasteiger charge is 2.43. The monoisotopic (exact) mass is 341 g/mol. The molecule has 2 heterocycles. The number of esters is 1. The molecule has 2 aromatic rings. The van der Waals surface area contributed by atoms with E-state index in [4.69, 9.17) is 9.47 Å². The molecule has 0 aliphatic carbocycles. The minimum Gasteiger partial charge on any atom is -0.480 e. The van der Waals surface area contributed by atoms with Crippen molar-refractivity contribution in [1.29, 1.82) is 0 Å². The smallest absolute Gasteiger partial charge is 0.318 e. The Morgan fingerprint density at radius 1 is 1.32 bits per heavy atom. The molecule has 1 unspecified atom stereocenters. The maximum absolute atomic E-state index is 11.4. The number of fused-ring (bicyclic) bond motifs is 1. The lowest BCUT2D eigenvalue weighted by Gasteiger charge is -2.34. The average Bonchev–Trinajstić information content (AvgIpc) is 2.52. The lowest BCUT2D eigenvalue weighted by molar-refractivity contribution is -0.169. The summed E-state index contributed by atoms with van der Waals surface area (Å²) in [6.07, 6.45) is 3.02. The number of ether oxygens (including phenoxy) is 2. The molecule has 1 aliphatic rings. The number of carboxylic acids is 1. The van der Waals surface area contributed by atoms with Gasteiger partial charge in [-0.25, -0.2) is 4.98 Å². The zero-order valence-electron chi connectivity index (χ0n) is 14.1. The molecule has 1 atom stereocenters. The fraction of sp³-hybridized carbons (Fsp3) is 0.316. The fourth-order valence-corrected chi connectivity index (χ4v) is 2.66. The first-order valence-electron chi connectivity index (χ1n) is 7.98. The van der Waals surface area contributed by atoms with Gasteiger partial charge in [0.25, 0.3) is 0 Å². The summed E-state index contributed by atoms with van der Waals surface area (Å²) in [5, 5.41) is 10.3. The SMILES string of the molecule is CC(=O)OC(C)c1ccc2ccc(C=CC3(C(=O)O)COC3)cc2n1. The number of carboxylic acid groups (broad SMARTS) is 1. The molecule has 1 aromatic heterocycles. The molecule has 6 nitrogen and oxygen atoms in total. The maximum Gasteiger partial charge on any atom is 0.318 e. The Hall–Kier alpha value is -2.73. The number of carbonyl (C=O) groups excluding carboxylic acids is 1. The van der Waals surface area contributed by atoms with Crippen LogP contribution in [0.3, 0.4) is 0 Å². The van der Waals surface area contributed by atoms with Crippen LogP contribution in [0.5, 0.6) is 0 Å². The maximum atomic E-state index is 11.4. The van der Waals surface area contributed by atoms with Gasteiger partial charge in [0.1, 0.15) is 11.5 Å². The Bertz CT molecular complexity index is 854. The molecule has 0 radical (unpaired) electrons. The molecule has 0 bridgehead atoms. The minimum absolute atomic E-state index is 0.189. The van der Waals surface area contributed by atoms with Gasteiger partial charge < -0.3 is 14.6 Å². The van der Waals surface area contributed by atoms with E-state index in [1.54, 1.807) is 19.1 Å². The lowest BCUT2D eigenvalue weighted by Crippen LogP contribution is -2.47. The Kier molecular flexibility index (Phi) is 4.55. The van der Waals surface area contributed by atoms with Crippen LogP contribution in [-0.4, -0.2) is 35.2 Å². The second-order valence-corrected chi connectivity index (χ2v) is 6.23. The van der Waals surface area contributed by atoms with Crippen LogP contribution in [0.2, 0.25) is 0 Å². The van der Waals surface area contributed by atoms with Crippen molar-refractivity contribution in [3.8, 4) is 0 Å². The predicted molar refractivity (Wildman–Crippen MR) is 91.8 cm³/mol. The highest BCUT2D eigenvalue weighted by molar-refractivity contribution is 5.83. The summed E-state index contributed by atoms with van der Waals surface area (Å²) >= 11 is 0. The standard InChI is InChI=1S/C19H19NO5/c1-12(25-13(2)21)16-6-5-15-4-3-14(9-17(15)20-16)7-8-19(18(22)23)10-24-11-19/h3-9,12H,10-11H2,1-2H3,(H,22,23). The average molecular weight is 341 g/mol. The van der Waals surface area contributed by atoms with Crippen LogP contribution < -0.4 is 0 Å². The number of hydrogen-bond acceptors (Lipinski definition) is 5. The molecular weight excluding hydrogens is 322 g/mol. The minimum atomic E-state index is -0.936. The molecular formula is C19H19NO5. The van der Waals surface area contributed by atoms with Crippen LogP contribution in [0.4, 0.5) is 0 Å². The quantitative estimate of drug-likeness (QED) is 0.842. The van der Waals surface area contributed by atoms with E-state index in [2.05, 4.69) is 4.98 Å². The molecule has 1 aliphatic heterocycles. The number of hydrogen-bond donors (Lipinski definition) is 1. The third kappa shape index (κ3) is 3.53. The van der Waals surface area contributed by atoms with Gasteiger partial charge in [-0.3, -0.25) is 9.59 Å². The fourth-order valence-electron chi connectivity index (χ4n) is 2.66. The van der Waals surface area contributed by atoms with Crippen LogP contribution in [0.15, 0.2) is 36.4 Å². The topological polar surface area (TPSA) is 85.7 Å². The van der Waals surface area contributed by atoms with Crippen molar-refractivity contribution in [2.24, 2.45) is 5.41 Å². The molecule has 3 rings (SSSR count). The van der Waals surface area contributed by atoms with E-state index in [-0.39, 0.29) is 19.2 Å². The summed E-state index contributed by atoms with van der Waals surface area (Å²) < 4.78 is 10.2. The molecule has 130 valence electrons. The molecule has 1 N–H and O–H groups in total. The highest BCUT2D eigenvalue weighted by Crippen LogP contribution is 2.30. The number of aliphatic carboxylic acids is 1. The molecule has 0 spiro atoms. The molecule has 1 fully saturated rings. The van der Waals surface area contributed by atoms with Crippen LogP contribution in [0.1, 0.15) is 31.2 Å². The predicted octanol–water partition coefficient (Wildman–Crippen LogP) is 2.97. The molecule has 6 heteroatoms. The van der Waals surface area contributed by atoms with Gasteiger partial charge in [0.2, 0.25) is 0 Å². The highest BCUT2D eigenvalue weighted by atomic mass is 16.5. The van der Waals surface area contributed by atoms with Crippen molar-refractivity contribution in [3.63, 3.8) is 0 Å². The van der Waals surface area contributed by atoms with Crippen molar-refractivity contribution in [1.82, 2.24) is 4.98 Å². The lowest BCUT2D eigenvalue weighted by atomic mass is 9.85. The van der Waals surface area contributed by atoms with E-state index in [0.29, 0.717) is 5.69 Å². The number of carbonyl (C=O) groups is 2. The largest absolute Gasteiger partial charge is 0.480 e. The summed E-state index contributed by atoms with van der Waals surface area (Å²) in [4.78, 5) is 27.0. The van der Waals surface area contributed by atoms with Gasteiger partial charge in [0.15, 0.2) is 0 Å². The van der Waals surface area contributed by atoms with Gasteiger partial charge in [0, 0.05) is 12.3 Å². The van der Waals surface area contributed by atoms with Crippen LogP contribution >= 0.6 is 0 Å². The van der Waals surface area contributed by atoms with Crippen LogP contribution in [0, 0.1) is 5.41 Å². The number of aromatic nitrogens is 1. The van der Waals surface area contributed by atoms with Crippen molar-refractivity contribution in [2.45, 2.75) is 20.0 Å². The first-order valence-corrected chi connectivity index (χ1v) is 7.98. The Morgan fingerprint density at radius 2 is 2.04 bits per heavy atom. The van der Waals surface area contributed by atoms with Gasteiger partial charge in [-0.05, 0) is 24.6 Å². The van der Waals surface area contributed by atoms with Gasteiger partial charge in [-0.2, -0.15) is 0 Å². The van der Waals surface area contributed by atoms with E-state index >= 15 is 0 Å². The van der Waals surface area contributed by atoms with Crippen LogP contribution in [-0.2, 0) is 19.1 Å². The van der Waals surface area contributed by atoms with Crippen molar-refractivity contribution in [2.75, 3.05) is 13.2 Å². The second kappa shape index (κ2) is 6.64. The summed E-state index contributed by atoms with van der Waals surface area (Å²) in [6.45, 7) is 3.51. The van der Waals surface area contributed by atoms with Gasteiger partial charge >= 0.3 is 11.9 Å². The third-order valence-corrected chi connectivity index (χ3v) is 4.24. The first-order chi connectivity index (χ1) is 11.9. The van der Waals surface area contributed by atoms with Crippen molar-refractivity contribution in [3.05, 3.63) is 47.7 Å². The van der Waals surface area contributed by atoms with E-state index in [1.165, 1.54) is 6.92 Å². The number of nitrogens with zero attached hydrogens (tertiary/aromatic N) is 1. The Balaban J connectivity index is 1.88. The van der Waals surface area contributed by atoms with E-state index < -0.39 is 17.5 Å². The van der Waals surface area contributed by atoms with Gasteiger partial charge in [0.05, 0.1) is 24.4 Å². The van der Waals surface area contributed by atoms with Gasteiger partial charge in [-0.1, -0.05) is 30.4 Å². The zero-order valence-corrected chi connectivity index (χ0v) is 14.1. The number of pyridine rings is 1. The molecule has 1 saturated heterocycles. The summed E-state index contributed by atoms with van der Waals surface area (Å²) in [7, 11) is 0. The normalized spacial score (nSPS) is 17.2.